The average molecular weight is 419 g/mol. The minimum absolute atomic E-state index is 0.280. The van der Waals surface area contributed by atoms with Gasteiger partial charge in [-0.1, -0.05) is 48.5 Å². The van der Waals surface area contributed by atoms with E-state index in [2.05, 4.69) is 40.1 Å². The van der Waals surface area contributed by atoms with Crippen molar-refractivity contribution in [1.82, 2.24) is 4.90 Å². The van der Waals surface area contributed by atoms with Crippen LogP contribution in [0.3, 0.4) is 0 Å². The minimum atomic E-state index is -0.531. The molecule has 0 bridgehead atoms. The number of hydrogen-bond acceptors (Lipinski definition) is 5. The van der Waals surface area contributed by atoms with Gasteiger partial charge in [-0.05, 0) is 35.9 Å². The van der Waals surface area contributed by atoms with Gasteiger partial charge in [-0.3, -0.25) is 4.90 Å². The predicted molar refractivity (Wildman–Crippen MR) is 125 cm³/mol. The van der Waals surface area contributed by atoms with Crippen molar-refractivity contribution in [2.45, 2.75) is 6.10 Å². The van der Waals surface area contributed by atoms with Crippen LogP contribution in [0, 0.1) is 0 Å². The number of anilines is 1. The maximum absolute atomic E-state index is 10.6. The molecule has 1 saturated heterocycles. The maximum atomic E-state index is 10.6. The van der Waals surface area contributed by atoms with Gasteiger partial charge in [0.1, 0.15) is 24.2 Å². The van der Waals surface area contributed by atoms with Crippen molar-refractivity contribution in [3.8, 4) is 22.6 Å². The Bertz CT molecular complexity index is 938. The third kappa shape index (κ3) is 5.57. The van der Waals surface area contributed by atoms with E-state index in [1.54, 1.807) is 7.11 Å². The summed E-state index contributed by atoms with van der Waals surface area (Å²) in [5.74, 6) is 1.68. The number of methoxy groups -OCH3 is 1. The van der Waals surface area contributed by atoms with Crippen molar-refractivity contribution in [1.29, 1.82) is 0 Å². The maximum Gasteiger partial charge on any atom is 0.127 e. The highest BCUT2D eigenvalue weighted by Crippen LogP contribution is 2.29. The van der Waals surface area contributed by atoms with E-state index in [1.165, 1.54) is 5.69 Å². The van der Waals surface area contributed by atoms with Crippen LogP contribution in [-0.2, 0) is 0 Å². The molecule has 1 heterocycles. The smallest absolute Gasteiger partial charge is 0.127 e. The van der Waals surface area contributed by atoms with Crippen molar-refractivity contribution >= 4 is 5.69 Å². The molecule has 1 fully saturated rings. The molecule has 1 unspecified atom stereocenters. The first-order valence-electron chi connectivity index (χ1n) is 10.8. The molecule has 0 amide bonds. The Morgan fingerprint density at radius 3 is 2.23 bits per heavy atom. The van der Waals surface area contributed by atoms with Crippen LogP contribution in [0.4, 0.5) is 5.69 Å². The highest BCUT2D eigenvalue weighted by Gasteiger charge is 2.20. The van der Waals surface area contributed by atoms with E-state index in [0.717, 1.165) is 48.8 Å². The lowest BCUT2D eigenvalue weighted by atomic mass is 10.1. The molecule has 0 aromatic heterocycles. The van der Waals surface area contributed by atoms with Crippen LogP contribution < -0.4 is 14.4 Å². The minimum Gasteiger partial charge on any atom is -0.497 e. The SMILES string of the molecule is COc1ccc(N2CCN(CC(O)COc3ccccc3-c3ccccc3)CC2)cc1. The number of piperazine rings is 1. The second-order valence-electron chi connectivity index (χ2n) is 7.81. The summed E-state index contributed by atoms with van der Waals surface area (Å²) in [4.78, 5) is 4.67. The van der Waals surface area contributed by atoms with Crippen molar-refractivity contribution < 1.29 is 14.6 Å². The zero-order valence-corrected chi connectivity index (χ0v) is 18.0. The molecule has 0 radical (unpaired) electrons. The van der Waals surface area contributed by atoms with E-state index in [9.17, 15) is 5.11 Å². The van der Waals surface area contributed by atoms with Gasteiger partial charge in [-0.25, -0.2) is 0 Å². The summed E-state index contributed by atoms with van der Waals surface area (Å²) >= 11 is 0. The molecule has 0 spiro atoms. The Balaban J connectivity index is 1.26. The van der Waals surface area contributed by atoms with Crippen LogP contribution in [0.25, 0.3) is 11.1 Å². The van der Waals surface area contributed by atoms with Gasteiger partial charge in [-0.15, -0.1) is 0 Å². The van der Waals surface area contributed by atoms with E-state index in [1.807, 2.05) is 48.5 Å². The molecule has 3 aromatic carbocycles. The van der Waals surface area contributed by atoms with E-state index >= 15 is 0 Å². The topological polar surface area (TPSA) is 45.2 Å². The zero-order valence-electron chi connectivity index (χ0n) is 18.0. The van der Waals surface area contributed by atoms with Crippen molar-refractivity contribution in [2.24, 2.45) is 0 Å². The fraction of sp³-hybridized carbons (Fsp3) is 0.308. The lowest BCUT2D eigenvalue weighted by molar-refractivity contribution is 0.0665. The van der Waals surface area contributed by atoms with Crippen molar-refractivity contribution in [3.63, 3.8) is 0 Å². The second kappa shape index (κ2) is 10.3. The number of aliphatic hydroxyl groups is 1. The molecule has 1 aliphatic rings. The molecule has 5 heteroatoms. The normalized spacial score (nSPS) is 15.5. The molecule has 0 aliphatic carbocycles. The Hall–Kier alpha value is -3.02. The first kappa shape index (κ1) is 21.2. The highest BCUT2D eigenvalue weighted by molar-refractivity contribution is 5.70. The fourth-order valence-electron chi connectivity index (χ4n) is 3.97. The third-order valence-corrected chi connectivity index (χ3v) is 5.68. The van der Waals surface area contributed by atoms with E-state index in [-0.39, 0.29) is 6.61 Å². The Morgan fingerprint density at radius 2 is 1.52 bits per heavy atom. The molecular weight excluding hydrogens is 388 g/mol. The lowest BCUT2D eigenvalue weighted by Gasteiger charge is -2.36. The molecule has 0 saturated carbocycles. The van der Waals surface area contributed by atoms with Gasteiger partial charge in [0.15, 0.2) is 0 Å². The van der Waals surface area contributed by atoms with E-state index in [0.29, 0.717) is 6.54 Å². The number of ether oxygens (including phenoxy) is 2. The Morgan fingerprint density at radius 1 is 0.839 bits per heavy atom. The lowest BCUT2D eigenvalue weighted by Crippen LogP contribution is -2.49. The van der Waals surface area contributed by atoms with Crippen LogP contribution in [0.15, 0.2) is 78.9 Å². The number of hydrogen-bond donors (Lipinski definition) is 1. The monoisotopic (exact) mass is 418 g/mol. The summed E-state index contributed by atoms with van der Waals surface area (Å²) < 4.78 is 11.2. The van der Waals surface area contributed by atoms with Crippen LogP contribution in [0.5, 0.6) is 11.5 Å². The van der Waals surface area contributed by atoms with Crippen LogP contribution in [0.1, 0.15) is 0 Å². The summed E-state index contributed by atoms with van der Waals surface area (Å²) in [6, 6.07) is 26.4. The van der Waals surface area contributed by atoms with Crippen LogP contribution in [-0.4, -0.2) is 62.6 Å². The van der Waals surface area contributed by atoms with Crippen molar-refractivity contribution in [3.05, 3.63) is 78.9 Å². The van der Waals surface area contributed by atoms with Gasteiger partial charge in [-0.2, -0.15) is 0 Å². The highest BCUT2D eigenvalue weighted by atomic mass is 16.5. The number of para-hydroxylation sites is 1. The first-order valence-corrected chi connectivity index (χ1v) is 10.8. The molecule has 1 N–H and O–H groups in total. The van der Waals surface area contributed by atoms with E-state index in [4.69, 9.17) is 9.47 Å². The summed E-state index contributed by atoms with van der Waals surface area (Å²) in [5, 5.41) is 10.6. The summed E-state index contributed by atoms with van der Waals surface area (Å²) in [6.45, 7) is 4.62. The van der Waals surface area contributed by atoms with Gasteiger partial charge < -0.3 is 19.5 Å². The molecular formula is C26H30N2O3. The first-order chi connectivity index (χ1) is 15.2. The van der Waals surface area contributed by atoms with Gasteiger partial charge >= 0.3 is 0 Å². The predicted octanol–water partition coefficient (Wildman–Crippen LogP) is 3.92. The molecule has 31 heavy (non-hydrogen) atoms. The zero-order chi connectivity index (χ0) is 21.5. The molecule has 3 aromatic rings. The fourth-order valence-corrected chi connectivity index (χ4v) is 3.97. The van der Waals surface area contributed by atoms with Crippen LogP contribution in [0.2, 0.25) is 0 Å². The number of β-amino-alcohol motifs (C(OH)–C–C–N with tert-alkyl or cyclic N) is 1. The standard InChI is InChI=1S/C26H30N2O3/c1-30-24-13-11-22(12-14-24)28-17-15-27(16-18-28)19-23(29)20-31-26-10-6-5-9-25(26)21-7-3-2-4-8-21/h2-14,23,29H,15-20H2,1H3. The van der Waals surface area contributed by atoms with Gasteiger partial charge in [0.25, 0.3) is 0 Å². The number of rotatable bonds is 8. The van der Waals surface area contributed by atoms with Gasteiger partial charge in [0, 0.05) is 44.0 Å². The Labute approximate surface area is 184 Å². The summed E-state index contributed by atoms with van der Waals surface area (Å²) in [6.07, 6.45) is -0.531. The molecule has 1 atom stereocenters. The van der Waals surface area contributed by atoms with Crippen molar-refractivity contribution in [2.75, 3.05) is 51.3 Å². The molecule has 1 aliphatic heterocycles. The van der Waals surface area contributed by atoms with E-state index < -0.39 is 6.10 Å². The van der Waals surface area contributed by atoms with Crippen LogP contribution >= 0.6 is 0 Å². The molecule has 162 valence electrons. The Kier molecular flexibility index (Phi) is 7.07. The molecule has 5 nitrogen and oxygen atoms in total. The summed E-state index contributed by atoms with van der Waals surface area (Å²) in [5.41, 5.74) is 3.37. The van der Waals surface area contributed by atoms with Gasteiger partial charge in [0.2, 0.25) is 0 Å². The second-order valence-corrected chi connectivity index (χ2v) is 7.81. The number of nitrogens with zero attached hydrogens (tertiary/aromatic N) is 2. The largest absolute Gasteiger partial charge is 0.497 e. The average Bonchev–Trinajstić information content (AvgIpc) is 2.84. The number of benzene rings is 3. The number of aliphatic hydroxyl groups excluding tert-OH is 1. The third-order valence-electron chi connectivity index (χ3n) is 5.68. The molecule has 4 rings (SSSR count). The van der Waals surface area contributed by atoms with Gasteiger partial charge in [0.05, 0.1) is 7.11 Å². The quantitative estimate of drug-likeness (QED) is 0.601. The summed E-state index contributed by atoms with van der Waals surface area (Å²) in [7, 11) is 1.68.